The molecule has 1 aromatic carbocycles. The first kappa shape index (κ1) is 24.1. The second-order valence-electron chi connectivity index (χ2n) is 8.43. The van der Waals surface area contributed by atoms with Crippen LogP contribution < -0.4 is 0 Å². The van der Waals surface area contributed by atoms with Gasteiger partial charge in [-0.1, -0.05) is 48.6 Å². The van der Waals surface area contributed by atoms with Gasteiger partial charge in [-0.05, 0) is 76.4 Å². The van der Waals surface area contributed by atoms with E-state index in [9.17, 15) is 14.7 Å². The molecule has 0 aliphatic heterocycles. The van der Waals surface area contributed by atoms with Gasteiger partial charge in [-0.2, -0.15) is 0 Å². The van der Waals surface area contributed by atoms with Crippen LogP contribution >= 0.6 is 0 Å². The highest BCUT2D eigenvalue weighted by Crippen LogP contribution is 2.30. The van der Waals surface area contributed by atoms with Gasteiger partial charge in [-0.3, -0.25) is 9.59 Å². The molecule has 1 aliphatic rings. The van der Waals surface area contributed by atoms with Crippen LogP contribution in [0.1, 0.15) is 64.4 Å². The van der Waals surface area contributed by atoms with Crippen molar-refractivity contribution in [3.8, 4) is 0 Å². The van der Waals surface area contributed by atoms with Crippen molar-refractivity contribution in [1.82, 2.24) is 0 Å². The minimum atomic E-state index is -0.375. The number of aliphatic hydroxyl groups is 1. The Morgan fingerprint density at radius 3 is 2.67 bits per heavy atom. The van der Waals surface area contributed by atoms with Gasteiger partial charge >= 0.3 is 5.97 Å². The van der Waals surface area contributed by atoms with Gasteiger partial charge in [-0.15, -0.1) is 0 Å². The number of esters is 1. The smallest absolute Gasteiger partial charge is 0.306 e. The van der Waals surface area contributed by atoms with Crippen LogP contribution in [0, 0.1) is 11.8 Å². The van der Waals surface area contributed by atoms with E-state index in [0.29, 0.717) is 12.8 Å². The number of ketones is 1. The Hall–Kier alpha value is -2.20. The number of unbranched alkanes of at least 4 members (excludes halogenated alkanes) is 1. The molecule has 0 heterocycles. The van der Waals surface area contributed by atoms with Crippen LogP contribution in [-0.2, 0) is 20.7 Å². The molecule has 30 heavy (non-hydrogen) atoms. The average molecular weight is 413 g/mol. The van der Waals surface area contributed by atoms with Gasteiger partial charge in [0.15, 0.2) is 5.78 Å². The third kappa shape index (κ3) is 9.08. The van der Waals surface area contributed by atoms with Gasteiger partial charge in [0.2, 0.25) is 0 Å². The molecule has 2 rings (SSSR count). The number of benzene rings is 1. The Labute approximate surface area is 181 Å². The fourth-order valence-electron chi connectivity index (χ4n) is 3.84. The molecule has 0 saturated heterocycles. The standard InChI is InChI=1S/C26H36O4/c1-20(2)30-26(29)13-9-4-3-8-12-22-15-19-25(28)24(22)18-17-23(27)16-14-21-10-6-5-7-11-21/h3,5-8,10-11,15,19-20,22-24,27H,4,9,12-14,16-18H2,1-2H3/t22-,23?,24+/m0/s1. The summed E-state index contributed by atoms with van der Waals surface area (Å²) in [5.74, 6) is 0.219. The van der Waals surface area contributed by atoms with Crippen molar-refractivity contribution in [1.29, 1.82) is 0 Å². The number of aryl methyl sites for hydroxylation is 1. The molecule has 0 spiro atoms. The lowest BCUT2D eigenvalue weighted by Crippen LogP contribution is -2.19. The van der Waals surface area contributed by atoms with Crippen molar-refractivity contribution < 1.29 is 19.4 Å². The first-order chi connectivity index (χ1) is 14.5. The fraction of sp³-hybridized carbons (Fsp3) is 0.538. The maximum atomic E-state index is 12.2. The molecular formula is C26H36O4. The van der Waals surface area contributed by atoms with Crippen LogP contribution in [0.3, 0.4) is 0 Å². The number of hydrogen-bond donors (Lipinski definition) is 1. The number of hydrogen-bond acceptors (Lipinski definition) is 4. The third-order valence-electron chi connectivity index (χ3n) is 5.50. The summed E-state index contributed by atoms with van der Waals surface area (Å²) in [5, 5.41) is 10.3. The van der Waals surface area contributed by atoms with E-state index in [1.54, 1.807) is 6.08 Å². The van der Waals surface area contributed by atoms with Gasteiger partial charge in [0.1, 0.15) is 0 Å². The van der Waals surface area contributed by atoms with E-state index in [1.165, 1.54) is 5.56 Å². The van der Waals surface area contributed by atoms with Crippen molar-refractivity contribution in [3.63, 3.8) is 0 Å². The van der Waals surface area contributed by atoms with Crippen LogP contribution in [0.5, 0.6) is 0 Å². The van der Waals surface area contributed by atoms with Crippen molar-refractivity contribution in [2.75, 3.05) is 0 Å². The Bertz CT molecular complexity index is 705. The van der Waals surface area contributed by atoms with E-state index in [0.717, 1.165) is 38.5 Å². The number of ether oxygens (including phenoxy) is 1. The summed E-state index contributed by atoms with van der Waals surface area (Å²) in [5.41, 5.74) is 1.23. The Morgan fingerprint density at radius 2 is 1.93 bits per heavy atom. The number of carbonyl (C=O) groups excluding carboxylic acids is 2. The molecule has 164 valence electrons. The van der Waals surface area contributed by atoms with Crippen LogP contribution in [0.2, 0.25) is 0 Å². The van der Waals surface area contributed by atoms with E-state index in [2.05, 4.69) is 24.3 Å². The molecule has 0 radical (unpaired) electrons. The maximum absolute atomic E-state index is 12.2. The molecule has 0 aromatic heterocycles. The third-order valence-corrected chi connectivity index (χ3v) is 5.50. The molecule has 1 aromatic rings. The molecule has 0 bridgehead atoms. The predicted molar refractivity (Wildman–Crippen MR) is 120 cm³/mol. The summed E-state index contributed by atoms with van der Waals surface area (Å²) in [6, 6.07) is 10.2. The second-order valence-corrected chi connectivity index (χ2v) is 8.43. The summed E-state index contributed by atoms with van der Waals surface area (Å²) in [6.07, 6.45) is 13.3. The van der Waals surface area contributed by atoms with Gasteiger partial charge < -0.3 is 9.84 Å². The lowest BCUT2D eigenvalue weighted by atomic mass is 9.86. The van der Waals surface area contributed by atoms with Crippen LogP contribution in [-0.4, -0.2) is 29.1 Å². The predicted octanol–water partition coefficient (Wildman–Crippen LogP) is 5.20. The zero-order valence-corrected chi connectivity index (χ0v) is 18.3. The number of carbonyl (C=O) groups is 2. The molecule has 1 N–H and O–H groups in total. The van der Waals surface area contributed by atoms with Gasteiger partial charge in [-0.25, -0.2) is 0 Å². The van der Waals surface area contributed by atoms with Crippen molar-refractivity contribution in [2.24, 2.45) is 11.8 Å². The quantitative estimate of drug-likeness (QED) is 0.275. The van der Waals surface area contributed by atoms with E-state index in [1.807, 2.05) is 38.1 Å². The minimum absolute atomic E-state index is 0.0259. The summed E-state index contributed by atoms with van der Waals surface area (Å²) in [4.78, 5) is 23.7. The summed E-state index contributed by atoms with van der Waals surface area (Å²) in [6.45, 7) is 3.71. The highest BCUT2D eigenvalue weighted by Gasteiger charge is 2.29. The number of rotatable bonds is 13. The Kier molecular flexibility index (Phi) is 10.6. The number of allylic oxidation sites excluding steroid dienone is 4. The maximum Gasteiger partial charge on any atom is 0.306 e. The summed E-state index contributed by atoms with van der Waals surface area (Å²) in [7, 11) is 0. The Balaban J connectivity index is 1.65. The van der Waals surface area contributed by atoms with Crippen LogP contribution in [0.15, 0.2) is 54.6 Å². The molecule has 3 atom stereocenters. The van der Waals surface area contributed by atoms with Gasteiger partial charge in [0.05, 0.1) is 12.2 Å². The summed E-state index contributed by atoms with van der Waals surface area (Å²) >= 11 is 0. The highest BCUT2D eigenvalue weighted by molar-refractivity contribution is 5.94. The molecule has 1 unspecified atom stereocenters. The van der Waals surface area contributed by atoms with Gasteiger partial charge in [0.25, 0.3) is 0 Å². The topological polar surface area (TPSA) is 63.6 Å². The molecule has 1 aliphatic carbocycles. The highest BCUT2D eigenvalue weighted by atomic mass is 16.5. The summed E-state index contributed by atoms with van der Waals surface area (Å²) < 4.78 is 5.12. The zero-order chi connectivity index (χ0) is 21.8. The fourth-order valence-corrected chi connectivity index (χ4v) is 3.84. The number of aliphatic hydroxyl groups excluding tert-OH is 1. The first-order valence-electron chi connectivity index (χ1n) is 11.2. The first-order valence-corrected chi connectivity index (χ1v) is 11.2. The van der Waals surface area contributed by atoms with Crippen LogP contribution in [0.4, 0.5) is 0 Å². The second kappa shape index (κ2) is 13.2. The average Bonchev–Trinajstić information content (AvgIpc) is 3.07. The molecule has 4 nitrogen and oxygen atoms in total. The minimum Gasteiger partial charge on any atom is -0.463 e. The molecule has 0 fully saturated rings. The van der Waals surface area contributed by atoms with Crippen molar-refractivity contribution >= 4 is 11.8 Å². The Morgan fingerprint density at radius 1 is 1.17 bits per heavy atom. The molecule has 0 amide bonds. The lowest BCUT2D eigenvalue weighted by Gasteiger charge is -2.19. The van der Waals surface area contributed by atoms with Crippen molar-refractivity contribution in [3.05, 3.63) is 60.2 Å². The molecular weight excluding hydrogens is 376 g/mol. The van der Waals surface area contributed by atoms with Crippen LogP contribution in [0.25, 0.3) is 0 Å². The molecule has 0 saturated carbocycles. The van der Waals surface area contributed by atoms with E-state index in [4.69, 9.17) is 4.74 Å². The largest absolute Gasteiger partial charge is 0.463 e. The SMILES string of the molecule is CC(C)OC(=O)CCCC=CC[C@H]1C=CC(=O)[C@@H]1CCC(O)CCc1ccccc1. The zero-order valence-electron chi connectivity index (χ0n) is 18.3. The lowest BCUT2D eigenvalue weighted by molar-refractivity contribution is -0.147. The normalized spacial score (nSPS) is 19.7. The monoisotopic (exact) mass is 412 g/mol. The molecule has 4 heteroatoms. The van der Waals surface area contributed by atoms with E-state index < -0.39 is 0 Å². The van der Waals surface area contributed by atoms with Gasteiger partial charge in [0, 0.05) is 12.3 Å². The van der Waals surface area contributed by atoms with E-state index in [-0.39, 0.29) is 35.8 Å². The van der Waals surface area contributed by atoms with Crippen molar-refractivity contribution in [2.45, 2.75) is 77.4 Å². The van der Waals surface area contributed by atoms with E-state index >= 15 is 0 Å².